The molecule has 1 amide bonds. The van der Waals surface area contributed by atoms with Crippen LogP contribution < -0.4 is 11.1 Å². The van der Waals surface area contributed by atoms with Gasteiger partial charge in [-0.2, -0.15) is 0 Å². The fourth-order valence-corrected chi connectivity index (χ4v) is 2.21. The minimum Gasteiger partial charge on any atom is -0.330 e. The highest BCUT2D eigenvalue weighted by Gasteiger charge is 2.08. The summed E-state index contributed by atoms with van der Waals surface area (Å²) in [5.41, 5.74) is 5.99. The molecule has 0 aliphatic carbocycles. The Kier molecular flexibility index (Phi) is 6.31. The first kappa shape index (κ1) is 15.5. The van der Waals surface area contributed by atoms with Crippen LogP contribution in [0.25, 0.3) is 0 Å². The number of nitrogens with two attached hydrogens (primary N) is 1. The largest absolute Gasteiger partial charge is 0.330 e. The van der Waals surface area contributed by atoms with Crippen molar-refractivity contribution in [3.63, 3.8) is 0 Å². The molecule has 1 rings (SSSR count). The topological polar surface area (TPSA) is 98.3 Å². The van der Waals surface area contributed by atoms with Crippen LogP contribution in [0.15, 0.2) is 24.3 Å². The summed E-state index contributed by atoms with van der Waals surface area (Å²) in [5, 5.41) is 13.5. The van der Waals surface area contributed by atoms with Crippen LogP contribution >= 0.6 is 11.8 Å². The maximum absolute atomic E-state index is 11.6. The number of thioether (sulfide) groups is 1. The van der Waals surface area contributed by atoms with Crippen molar-refractivity contribution >= 4 is 29.0 Å². The molecule has 0 aromatic heterocycles. The minimum atomic E-state index is -0.476. The van der Waals surface area contributed by atoms with E-state index in [1.807, 2.05) is 6.92 Å². The number of hydrogen-bond donors (Lipinski definition) is 2. The lowest BCUT2D eigenvalue weighted by Crippen LogP contribution is -2.16. The molecule has 1 unspecified atom stereocenters. The van der Waals surface area contributed by atoms with Gasteiger partial charge in [0.15, 0.2) is 0 Å². The lowest BCUT2D eigenvalue weighted by Gasteiger charge is -2.09. The third kappa shape index (κ3) is 5.71. The highest BCUT2D eigenvalue weighted by atomic mass is 32.2. The second-order valence-electron chi connectivity index (χ2n) is 4.05. The molecule has 0 radical (unpaired) electrons. The standard InChI is InChI=1S/C12H17N3O3S/c1-9(6-7-13)19-8-12(16)14-10-2-4-11(5-3-10)15(17)18/h2-5,9H,6-8,13H2,1H3,(H,14,16). The Morgan fingerprint density at radius 3 is 2.63 bits per heavy atom. The first-order valence-electron chi connectivity index (χ1n) is 5.89. The summed E-state index contributed by atoms with van der Waals surface area (Å²) in [4.78, 5) is 21.6. The molecule has 0 fully saturated rings. The number of nitro groups is 1. The van der Waals surface area contributed by atoms with Crippen molar-refractivity contribution in [2.75, 3.05) is 17.6 Å². The summed E-state index contributed by atoms with van der Waals surface area (Å²) in [6.07, 6.45) is 0.871. The first-order valence-corrected chi connectivity index (χ1v) is 6.93. The molecule has 6 nitrogen and oxygen atoms in total. The SMILES string of the molecule is CC(CCN)SCC(=O)Nc1ccc([N+](=O)[O-])cc1. The van der Waals surface area contributed by atoms with Crippen LogP contribution in [0, 0.1) is 10.1 Å². The van der Waals surface area contributed by atoms with Crippen LogP contribution in [0.3, 0.4) is 0 Å². The quantitative estimate of drug-likeness (QED) is 0.589. The number of anilines is 1. The molecule has 7 heteroatoms. The van der Waals surface area contributed by atoms with Gasteiger partial charge in [0.2, 0.25) is 5.91 Å². The molecule has 0 saturated carbocycles. The van der Waals surface area contributed by atoms with Crippen molar-refractivity contribution in [1.29, 1.82) is 0 Å². The third-order valence-corrected chi connectivity index (χ3v) is 3.67. The van der Waals surface area contributed by atoms with Crippen molar-refractivity contribution in [1.82, 2.24) is 0 Å². The van der Waals surface area contributed by atoms with Crippen LogP contribution in [-0.4, -0.2) is 28.4 Å². The molecule has 1 aromatic rings. The van der Waals surface area contributed by atoms with Gasteiger partial charge < -0.3 is 11.1 Å². The number of carbonyl (C=O) groups is 1. The molecule has 1 aromatic carbocycles. The smallest absolute Gasteiger partial charge is 0.269 e. The Hall–Kier alpha value is -1.60. The third-order valence-electron chi connectivity index (χ3n) is 2.43. The molecule has 0 heterocycles. The van der Waals surface area contributed by atoms with Crippen molar-refractivity contribution in [2.45, 2.75) is 18.6 Å². The average Bonchev–Trinajstić information content (AvgIpc) is 2.37. The highest BCUT2D eigenvalue weighted by molar-refractivity contribution is 8.00. The zero-order valence-corrected chi connectivity index (χ0v) is 11.5. The summed E-state index contributed by atoms with van der Waals surface area (Å²) in [7, 11) is 0. The van der Waals surface area contributed by atoms with E-state index in [9.17, 15) is 14.9 Å². The molecule has 104 valence electrons. The molecular formula is C12H17N3O3S. The number of nitro benzene ring substituents is 1. The van der Waals surface area contributed by atoms with Gasteiger partial charge in [-0.3, -0.25) is 14.9 Å². The van der Waals surface area contributed by atoms with Gasteiger partial charge in [0.1, 0.15) is 0 Å². The Bertz CT molecular complexity index is 436. The second kappa shape index (κ2) is 7.75. The summed E-state index contributed by atoms with van der Waals surface area (Å²) in [5.74, 6) is 0.223. The number of carbonyl (C=O) groups excluding carboxylic acids is 1. The number of benzene rings is 1. The van der Waals surface area contributed by atoms with Crippen LogP contribution in [0.5, 0.6) is 0 Å². The van der Waals surface area contributed by atoms with Gasteiger partial charge in [-0.15, -0.1) is 11.8 Å². The molecule has 0 saturated heterocycles. The van der Waals surface area contributed by atoms with Crippen LogP contribution in [-0.2, 0) is 4.79 Å². The van der Waals surface area contributed by atoms with Gasteiger partial charge in [-0.05, 0) is 25.1 Å². The van der Waals surface area contributed by atoms with E-state index in [4.69, 9.17) is 5.73 Å². The number of non-ortho nitro benzene ring substituents is 1. The monoisotopic (exact) mass is 283 g/mol. The summed E-state index contributed by atoms with van der Waals surface area (Å²) >= 11 is 1.54. The van der Waals surface area contributed by atoms with Crippen LogP contribution in [0.4, 0.5) is 11.4 Å². The van der Waals surface area contributed by atoms with E-state index in [0.29, 0.717) is 23.2 Å². The number of nitrogens with one attached hydrogen (secondary N) is 1. The summed E-state index contributed by atoms with van der Waals surface area (Å²) in [6.45, 7) is 2.63. The number of nitrogens with zero attached hydrogens (tertiary/aromatic N) is 1. The lowest BCUT2D eigenvalue weighted by molar-refractivity contribution is -0.384. The van der Waals surface area contributed by atoms with Crippen molar-refractivity contribution in [2.24, 2.45) is 5.73 Å². The zero-order chi connectivity index (χ0) is 14.3. The minimum absolute atomic E-state index is 0.00365. The molecule has 0 aliphatic rings. The lowest BCUT2D eigenvalue weighted by atomic mass is 10.3. The average molecular weight is 283 g/mol. The van der Waals surface area contributed by atoms with E-state index < -0.39 is 4.92 Å². The molecule has 1 atom stereocenters. The van der Waals surface area contributed by atoms with Gasteiger partial charge in [0.25, 0.3) is 5.69 Å². The maximum atomic E-state index is 11.6. The van der Waals surface area contributed by atoms with Crippen molar-refractivity contribution in [3.8, 4) is 0 Å². The van der Waals surface area contributed by atoms with Gasteiger partial charge in [-0.1, -0.05) is 6.92 Å². The van der Waals surface area contributed by atoms with Crippen LogP contribution in [0.1, 0.15) is 13.3 Å². The van der Waals surface area contributed by atoms with E-state index in [-0.39, 0.29) is 11.6 Å². The molecular weight excluding hydrogens is 266 g/mol. The highest BCUT2D eigenvalue weighted by Crippen LogP contribution is 2.17. The van der Waals surface area contributed by atoms with Gasteiger partial charge in [0, 0.05) is 23.1 Å². The second-order valence-corrected chi connectivity index (χ2v) is 5.48. The fraction of sp³-hybridized carbons (Fsp3) is 0.417. The number of hydrogen-bond acceptors (Lipinski definition) is 5. The fourth-order valence-electron chi connectivity index (χ4n) is 1.40. The van der Waals surface area contributed by atoms with E-state index >= 15 is 0 Å². The predicted octanol–water partition coefficient (Wildman–Crippen LogP) is 2.00. The van der Waals surface area contributed by atoms with Gasteiger partial charge in [-0.25, -0.2) is 0 Å². The predicted molar refractivity (Wildman–Crippen MR) is 77.3 cm³/mol. The Morgan fingerprint density at radius 1 is 1.47 bits per heavy atom. The Balaban J connectivity index is 2.42. The summed E-state index contributed by atoms with van der Waals surface area (Å²) in [6, 6.07) is 5.76. The van der Waals surface area contributed by atoms with E-state index in [1.165, 1.54) is 36.0 Å². The van der Waals surface area contributed by atoms with Crippen molar-refractivity contribution < 1.29 is 9.72 Å². The molecule has 3 N–H and O–H groups in total. The molecule has 0 spiro atoms. The number of amides is 1. The van der Waals surface area contributed by atoms with Crippen LogP contribution in [0.2, 0.25) is 0 Å². The van der Waals surface area contributed by atoms with Crippen molar-refractivity contribution in [3.05, 3.63) is 34.4 Å². The molecule has 0 aliphatic heterocycles. The Labute approximate surface area is 115 Å². The zero-order valence-electron chi connectivity index (χ0n) is 10.7. The first-order chi connectivity index (χ1) is 9.02. The van der Waals surface area contributed by atoms with E-state index in [0.717, 1.165) is 6.42 Å². The summed E-state index contributed by atoms with van der Waals surface area (Å²) < 4.78 is 0. The normalized spacial score (nSPS) is 11.9. The maximum Gasteiger partial charge on any atom is 0.269 e. The van der Waals surface area contributed by atoms with Gasteiger partial charge in [0.05, 0.1) is 10.7 Å². The van der Waals surface area contributed by atoms with Gasteiger partial charge >= 0.3 is 0 Å². The Morgan fingerprint density at radius 2 is 2.11 bits per heavy atom. The molecule has 19 heavy (non-hydrogen) atoms. The molecule has 0 bridgehead atoms. The number of rotatable bonds is 7. The van der Waals surface area contributed by atoms with E-state index in [1.54, 1.807) is 0 Å². The van der Waals surface area contributed by atoms with E-state index in [2.05, 4.69) is 5.32 Å².